The Bertz CT molecular complexity index is 938. The molecule has 3 aromatic carbocycles. The molecule has 3 rings (SSSR count). The van der Waals surface area contributed by atoms with E-state index in [1.165, 1.54) is 24.4 Å². The maximum atomic E-state index is 10.9. The molecule has 0 aliphatic rings. The molecular formula is C17H11ClN2O3. The van der Waals surface area contributed by atoms with Crippen LogP contribution in [0, 0.1) is 10.1 Å². The average Bonchev–Trinajstić information content (AvgIpc) is 2.53. The van der Waals surface area contributed by atoms with Crippen LogP contribution in [-0.2, 0) is 0 Å². The maximum Gasteiger partial charge on any atom is 0.270 e. The third kappa shape index (κ3) is 3.14. The van der Waals surface area contributed by atoms with Crippen molar-refractivity contribution in [3.05, 3.63) is 75.3 Å². The highest BCUT2D eigenvalue weighted by atomic mass is 35.5. The van der Waals surface area contributed by atoms with Crippen molar-refractivity contribution < 1.29 is 10.0 Å². The van der Waals surface area contributed by atoms with E-state index in [1.54, 1.807) is 36.4 Å². The molecule has 3 aromatic rings. The zero-order valence-electron chi connectivity index (χ0n) is 11.8. The largest absolute Gasteiger partial charge is 0.507 e. The van der Waals surface area contributed by atoms with Gasteiger partial charge in [0.15, 0.2) is 0 Å². The van der Waals surface area contributed by atoms with Crippen LogP contribution in [0.1, 0.15) is 5.56 Å². The molecular weight excluding hydrogens is 316 g/mol. The normalized spacial score (nSPS) is 11.2. The summed E-state index contributed by atoms with van der Waals surface area (Å²) in [5.41, 5.74) is 1.15. The van der Waals surface area contributed by atoms with Crippen molar-refractivity contribution in [2.45, 2.75) is 0 Å². The zero-order valence-corrected chi connectivity index (χ0v) is 12.6. The van der Waals surface area contributed by atoms with Gasteiger partial charge in [-0.1, -0.05) is 23.7 Å². The van der Waals surface area contributed by atoms with E-state index in [-0.39, 0.29) is 11.4 Å². The Kier molecular flexibility index (Phi) is 3.95. The molecule has 6 heteroatoms. The third-order valence-corrected chi connectivity index (χ3v) is 3.62. The van der Waals surface area contributed by atoms with Crippen LogP contribution in [0.4, 0.5) is 11.4 Å². The van der Waals surface area contributed by atoms with Crippen LogP contribution in [0.2, 0.25) is 5.02 Å². The summed E-state index contributed by atoms with van der Waals surface area (Å²) in [5.74, 6) is 0.0529. The predicted molar refractivity (Wildman–Crippen MR) is 91.0 cm³/mol. The fourth-order valence-electron chi connectivity index (χ4n) is 2.27. The Morgan fingerprint density at radius 3 is 2.70 bits per heavy atom. The van der Waals surface area contributed by atoms with Gasteiger partial charge in [0.25, 0.3) is 5.69 Å². The molecule has 0 atom stereocenters. The number of hydrogen-bond acceptors (Lipinski definition) is 4. The van der Waals surface area contributed by atoms with Gasteiger partial charge in [-0.2, -0.15) is 0 Å². The molecule has 23 heavy (non-hydrogen) atoms. The maximum absolute atomic E-state index is 10.9. The van der Waals surface area contributed by atoms with Gasteiger partial charge in [0.05, 0.1) is 10.6 Å². The Morgan fingerprint density at radius 2 is 1.96 bits per heavy atom. The number of phenolic OH excluding ortho intramolecular Hbond substituents is 1. The van der Waals surface area contributed by atoms with E-state index in [9.17, 15) is 15.2 Å². The number of nitro groups is 1. The van der Waals surface area contributed by atoms with Gasteiger partial charge in [-0.15, -0.1) is 0 Å². The summed E-state index contributed by atoms with van der Waals surface area (Å²) in [7, 11) is 0. The molecule has 0 fully saturated rings. The van der Waals surface area contributed by atoms with Gasteiger partial charge in [0.2, 0.25) is 0 Å². The first-order chi connectivity index (χ1) is 11.0. The van der Waals surface area contributed by atoms with E-state index in [0.29, 0.717) is 27.0 Å². The Labute approximate surface area is 136 Å². The van der Waals surface area contributed by atoms with Crippen molar-refractivity contribution >= 4 is 40.0 Å². The van der Waals surface area contributed by atoms with Crippen LogP contribution in [0.3, 0.4) is 0 Å². The lowest BCUT2D eigenvalue weighted by Crippen LogP contribution is -1.90. The standard InChI is InChI=1S/C17H11ClN2O3/c18-12-2-1-3-13(9-12)19-10-16-15-6-5-14(20(22)23)8-11(15)4-7-17(16)21/h1-10,21H. The van der Waals surface area contributed by atoms with Crippen molar-refractivity contribution in [1.29, 1.82) is 0 Å². The topological polar surface area (TPSA) is 75.7 Å². The van der Waals surface area contributed by atoms with E-state index in [2.05, 4.69) is 4.99 Å². The second kappa shape index (κ2) is 6.06. The number of phenols is 1. The molecule has 0 amide bonds. The van der Waals surface area contributed by atoms with Crippen LogP contribution < -0.4 is 0 Å². The van der Waals surface area contributed by atoms with Crippen molar-refractivity contribution in [3.63, 3.8) is 0 Å². The summed E-state index contributed by atoms with van der Waals surface area (Å²) >= 11 is 5.91. The molecule has 0 aromatic heterocycles. The van der Waals surface area contributed by atoms with Crippen molar-refractivity contribution in [1.82, 2.24) is 0 Å². The molecule has 1 N–H and O–H groups in total. The number of hydrogen-bond donors (Lipinski definition) is 1. The van der Waals surface area contributed by atoms with E-state index in [4.69, 9.17) is 11.6 Å². The molecule has 0 saturated heterocycles. The average molecular weight is 327 g/mol. The van der Waals surface area contributed by atoms with Gasteiger partial charge in [-0.3, -0.25) is 15.1 Å². The number of aliphatic imine (C=N–C) groups is 1. The monoisotopic (exact) mass is 326 g/mol. The van der Waals surface area contributed by atoms with E-state index in [0.717, 1.165) is 0 Å². The number of non-ortho nitro benzene ring substituents is 1. The minimum atomic E-state index is -0.452. The number of fused-ring (bicyclic) bond motifs is 1. The van der Waals surface area contributed by atoms with E-state index >= 15 is 0 Å². The smallest absolute Gasteiger partial charge is 0.270 e. The lowest BCUT2D eigenvalue weighted by molar-refractivity contribution is -0.384. The summed E-state index contributed by atoms with van der Waals surface area (Å²) in [6.45, 7) is 0. The Hall–Kier alpha value is -2.92. The number of nitro benzene ring substituents is 1. The minimum absolute atomic E-state index is 0.000852. The lowest BCUT2D eigenvalue weighted by Gasteiger charge is -2.05. The summed E-state index contributed by atoms with van der Waals surface area (Å²) in [5, 5.41) is 22.8. The van der Waals surface area contributed by atoms with E-state index < -0.39 is 4.92 Å². The van der Waals surface area contributed by atoms with Crippen LogP contribution in [0.5, 0.6) is 5.75 Å². The first-order valence-corrected chi connectivity index (χ1v) is 7.12. The van der Waals surface area contributed by atoms with Gasteiger partial charge in [-0.05, 0) is 41.1 Å². The molecule has 0 unspecified atom stereocenters. The van der Waals surface area contributed by atoms with Crippen LogP contribution in [0.15, 0.2) is 59.6 Å². The Balaban J connectivity index is 2.09. The molecule has 0 aliphatic carbocycles. The molecule has 0 radical (unpaired) electrons. The second-order valence-corrected chi connectivity index (χ2v) is 5.34. The van der Waals surface area contributed by atoms with Crippen molar-refractivity contribution in [2.24, 2.45) is 4.99 Å². The number of nitrogens with zero attached hydrogens (tertiary/aromatic N) is 2. The summed E-state index contributed by atoms with van der Waals surface area (Å²) < 4.78 is 0. The first-order valence-electron chi connectivity index (χ1n) is 6.74. The SMILES string of the molecule is O=[N+]([O-])c1ccc2c(C=Nc3cccc(Cl)c3)c(O)ccc2c1. The molecule has 0 aliphatic heterocycles. The Morgan fingerprint density at radius 1 is 1.13 bits per heavy atom. The fourth-order valence-corrected chi connectivity index (χ4v) is 2.46. The number of rotatable bonds is 3. The van der Waals surface area contributed by atoms with Crippen molar-refractivity contribution in [2.75, 3.05) is 0 Å². The van der Waals surface area contributed by atoms with Crippen LogP contribution in [0.25, 0.3) is 10.8 Å². The number of aromatic hydroxyl groups is 1. The number of benzene rings is 3. The third-order valence-electron chi connectivity index (χ3n) is 3.38. The lowest BCUT2D eigenvalue weighted by atomic mass is 10.0. The highest BCUT2D eigenvalue weighted by Gasteiger charge is 2.10. The molecule has 0 bridgehead atoms. The zero-order chi connectivity index (χ0) is 16.4. The molecule has 114 valence electrons. The van der Waals surface area contributed by atoms with Crippen LogP contribution in [-0.4, -0.2) is 16.2 Å². The molecule has 0 spiro atoms. The summed E-state index contributed by atoms with van der Waals surface area (Å²) in [4.78, 5) is 14.7. The predicted octanol–water partition coefficient (Wildman–Crippen LogP) is 4.86. The van der Waals surface area contributed by atoms with Gasteiger partial charge < -0.3 is 5.11 Å². The van der Waals surface area contributed by atoms with Crippen molar-refractivity contribution in [3.8, 4) is 5.75 Å². The summed E-state index contributed by atoms with van der Waals surface area (Å²) in [6.07, 6.45) is 1.52. The molecule has 0 heterocycles. The second-order valence-electron chi connectivity index (χ2n) is 4.90. The highest BCUT2D eigenvalue weighted by molar-refractivity contribution is 6.30. The minimum Gasteiger partial charge on any atom is -0.507 e. The summed E-state index contributed by atoms with van der Waals surface area (Å²) in [6, 6.07) is 14.6. The quantitative estimate of drug-likeness (QED) is 0.424. The van der Waals surface area contributed by atoms with Gasteiger partial charge in [0, 0.05) is 28.9 Å². The van der Waals surface area contributed by atoms with Gasteiger partial charge in [-0.25, -0.2) is 0 Å². The fraction of sp³-hybridized carbons (Fsp3) is 0. The highest BCUT2D eigenvalue weighted by Crippen LogP contribution is 2.29. The van der Waals surface area contributed by atoms with E-state index in [1.807, 2.05) is 0 Å². The number of halogens is 1. The molecule has 5 nitrogen and oxygen atoms in total. The molecule has 0 saturated carbocycles. The van der Waals surface area contributed by atoms with Gasteiger partial charge >= 0.3 is 0 Å². The van der Waals surface area contributed by atoms with Crippen LogP contribution >= 0.6 is 11.6 Å². The first kappa shape index (κ1) is 15.0. The van der Waals surface area contributed by atoms with Gasteiger partial charge in [0.1, 0.15) is 5.75 Å².